The fourth-order valence-corrected chi connectivity index (χ4v) is 1.61. The molecule has 0 amide bonds. The van der Waals surface area contributed by atoms with E-state index in [4.69, 9.17) is 16.7 Å². The molecule has 1 aromatic carbocycles. The summed E-state index contributed by atoms with van der Waals surface area (Å²) in [7, 11) is 0. The average molecular weight is 210 g/mol. The van der Waals surface area contributed by atoms with Crippen LogP contribution in [0.1, 0.15) is 5.56 Å². The lowest BCUT2D eigenvalue weighted by molar-refractivity contribution is 0.283. The number of aliphatic hydroxyl groups is 1. The van der Waals surface area contributed by atoms with Gasteiger partial charge in [-0.05, 0) is 11.6 Å². The third kappa shape index (κ3) is 1.41. The van der Waals surface area contributed by atoms with Crippen LogP contribution in [-0.4, -0.2) is 15.2 Å². The first kappa shape index (κ1) is 9.24. The van der Waals surface area contributed by atoms with Gasteiger partial charge in [0, 0.05) is 28.1 Å². The molecule has 2 N–H and O–H groups in total. The zero-order valence-electron chi connectivity index (χ0n) is 7.24. The van der Waals surface area contributed by atoms with Crippen LogP contribution in [0.4, 0.5) is 0 Å². The Morgan fingerprint density at radius 3 is 2.79 bits per heavy atom. The molecule has 72 valence electrons. The van der Waals surface area contributed by atoms with Gasteiger partial charge >= 0.3 is 0 Å². The predicted molar refractivity (Wildman–Crippen MR) is 54.3 cm³/mol. The van der Waals surface area contributed by atoms with Crippen molar-refractivity contribution in [1.82, 2.24) is 4.98 Å². The van der Waals surface area contributed by atoms with Gasteiger partial charge in [0.25, 0.3) is 0 Å². The molecule has 2 aromatic rings. The van der Waals surface area contributed by atoms with Gasteiger partial charge in [-0.3, -0.25) is 0 Å². The molecular weight excluding hydrogens is 202 g/mol. The van der Waals surface area contributed by atoms with Crippen LogP contribution in [0.2, 0.25) is 5.02 Å². The van der Waals surface area contributed by atoms with Crippen molar-refractivity contribution in [2.45, 2.75) is 6.61 Å². The van der Waals surface area contributed by atoms with Crippen LogP contribution in [0.5, 0.6) is 5.88 Å². The van der Waals surface area contributed by atoms with Crippen molar-refractivity contribution in [3.63, 3.8) is 0 Å². The second kappa shape index (κ2) is 3.44. The van der Waals surface area contributed by atoms with Gasteiger partial charge in [-0.25, -0.2) is 4.98 Å². The van der Waals surface area contributed by atoms with Crippen molar-refractivity contribution >= 4 is 22.4 Å². The normalized spacial score (nSPS) is 10.7. The van der Waals surface area contributed by atoms with E-state index >= 15 is 0 Å². The van der Waals surface area contributed by atoms with E-state index in [2.05, 4.69) is 4.98 Å². The Labute approximate surface area is 85.6 Å². The van der Waals surface area contributed by atoms with Crippen LogP contribution >= 0.6 is 11.6 Å². The molecule has 0 aliphatic rings. The molecule has 0 atom stereocenters. The summed E-state index contributed by atoms with van der Waals surface area (Å²) in [6.45, 7) is -0.0693. The van der Waals surface area contributed by atoms with E-state index in [0.717, 1.165) is 10.9 Å². The summed E-state index contributed by atoms with van der Waals surface area (Å²) in [5.74, 6) is -0.0745. The number of fused-ring (bicyclic) bond motifs is 1. The second-order valence-corrected chi connectivity index (χ2v) is 3.36. The zero-order valence-corrected chi connectivity index (χ0v) is 7.99. The fourth-order valence-electron chi connectivity index (χ4n) is 1.39. The minimum Gasteiger partial charge on any atom is -0.493 e. The molecule has 0 unspecified atom stereocenters. The molecular formula is C10H8ClNO2. The summed E-state index contributed by atoms with van der Waals surface area (Å²) in [4.78, 5) is 3.74. The Balaban J connectivity index is 2.84. The Morgan fingerprint density at radius 2 is 2.07 bits per heavy atom. The zero-order chi connectivity index (χ0) is 10.1. The highest BCUT2D eigenvalue weighted by molar-refractivity contribution is 6.35. The van der Waals surface area contributed by atoms with E-state index in [1.54, 1.807) is 12.1 Å². The molecule has 3 nitrogen and oxygen atoms in total. The van der Waals surface area contributed by atoms with E-state index < -0.39 is 0 Å². The largest absolute Gasteiger partial charge is 0.493 e. The highest BCUT2D eigenvalue weighted by Gasteiger charge is 2.05. The fraction of sp³-hybridized carbons (Fsp3) is 0.100. The molecule has 0 saturated carbocycles. The molecule has 1 heterocycles. The van der Waals surface area contributed by atoms with Gasteiger partial charge in [0.05, 0.1) is 6.61 Å². The smallest absolute Gasteiger partial charge is 0.211 e. The Morgan fingerprint density at radius 1 is 1.29 bits per heavy atom. The van der Waals surface area contributed by atoms with Gasteiger partial charge in [-0.15, -0.1) is 0 Å². The summed E-state index contributed by atoms with van der Waals surface area (Å²) < 4.78 is 0. The summed E-state index contributed by atoms with van der Waals surface area (Å²) in [6, 6.07) is 4.91. The molecule has 0 aliphatic carbocycles. The highest BCUT2D eigenvalue weighted by atomic mass is 35.5. The molecule has 4 heteroatoms. The van der Waals surface area contributed by atoms with Crippen LogP contribution in [0.15, 0.2) is 24.4 Å². The lowest BCUT2D eigenvalue weighted by Crippen LogP contribution is -1.87. The van der Waals surface area contributed by atoms with E-state index in [1.807, 2.05) is 0 Å². The van der Waals surface area contributed by atoms with Crippen molar-refractivity contribution < 1.29 is 10.2 Å². The van der Waals surface area contributed by atoms with Gasteiger partial charge in [-0.2, -0.15) is 0 Å². The second-order valence-electron chi connectivity index (χ2n) is 2.95. The molecule has 0 fully saturated rings. The SMILES string of the molecule is OCc1ccc(Cl)c2cc(O)ncc12. The Bertz CT molecular complexity index is 485. The monoisotopic (exact) mass is 209 g/mol. The minimum absolute atomic E-state index is 0.0693. The number of aliphatic hydroxyl groups excluding tert-OH is 1. The standard InChI is InChI=1S/C10H8ClNO2/c11-9-2-1-6(5-13)8-4-12-10(14)3-7(8)9/h1-4,13H,5H2,(H,12,14). The maximum absolute atomic E-state index is 9.19. The quantitative estimate of drug-likeness (QED) is 0.756. The van der Waals surface area contributed by atoms with Gasteiger partial charge in [0.1, 0.15) is 0 Å². The molecule has 14 heavy (non-hydrogen) atoms. The molecule has 1 aromatic heterocycles. The molecule has 0 radical (unpaired) electrons. The summed E-state index contributed by atoms with van der Waals surface area (Å²) in [5.41, 5.74) is 0.747. The van der Waals surface area contributed by atoms with Crippen LogP contribution in [-0.2, 0) is 6.61 Å². The van der Waals surface area contributed by atoms with E-state index in [0.29, 0.717) is 10.4 Å². The number of hydrogen-bond acceptors (Lipinski definition) is 3. The maximum atomic E-state index is 9.19. The third-order valence-electron chi connectivity index (χ3n) is 2.09. The topological polar surface area (TPSA) is 53.4 Å². The number of rotatable bonds is 1. The molecule has 0 bridgehead atoms. The first-order chi connectivity index (χ1) is 6.72. The summed E-state index contributed by atoms with van der Waals surface area (Å²) in [6.07, 6.45) is 1.50. The van der Waals surface area contributed by atoms with Crippen LogP contribution < -0.4 is 0 Å². The Hall–Kier alpha value is -1.32. The number of aromatic nitrogens is 1. The van der Waals surface area contributed by atoms with E-state index in [-0.39, 0.29) is 12.5 Å². The molecule has 0 saturated heterocycles. The first-order valence-electron chi connectivity index (χ1n) is 4.09. The predicted octanol–water partition coefficient (Wildman–Crippen LogP) is 2.09. The van der Waals surface area contributed by atoms with Gasteiger partial charge in [-0.1, -0.05) is 17.7 Å². The Kier molecular flexibility index (Phi) is 2.27. The van der Waals surface area contributed by atoms with Crippen molar-refractivity contribution in [2.75, 3.05) is 0 Å². The number of benzene rings is 1. The van der Waals surface area contributed by atoms with Gasteiger partial charge in [0.15, 0.2) is 0 Å². The summed E-state index contributed by atoms with van der Waals surface area (Å²) in [5, 5.41) is 20.2. The van der Waals surface area contributed by atoms with Crippen LogP contribution in [0.3, 0.4) is 0 Å². The number of hydrogen-bond donors (Lipinski definition) is 2. The maximum Gasteiger partial charge on any atom is 0.211 e. The minimum atomic E-state index is -0.0745. The average Bonchev–Trinajstić information content (AvgIpc) is 2.19. The molecule has 0 spiro atoms. The van der Waals surface area contributed by atoms with Crippen molar-refractivity contribution in [1.29, 1.82) is 0 Å². The van der Waals surface area contributed by atoms with Crippen molar-refractivity contribution in [2.24, 2.45) is 0 Å². The lowest BCUT2D eigenvalue weighted by atomic mass is 10.1. The first-order valence-corrected chi connectivity index (χ1v) is 4.47. The lowest BCUT2D eigenvalue weighted by Gasteiger charge is -2.05. The molecule has 0 aliphatic heterocycles. The number of nitrogens with zero attached hydrogens (tertiary/aromatic N) is 1. The van der Waals surface area contributed by atoms with Crippen molar-refractivity contribution in [3.05, 3.63) is 35.0 Å². The van der Waals surface area contributed by atoms with Gasteiger partial charge < -0.3 is 10.2 Å². The van der Waals surface area contributed by atoms with Crippen LogP contribution in [0.25, 0.3) is 10.8 Å². The number of aromatic hydroxyl groups is 1. The molecule has 2 rings (SSSR count). The number of halogens is 1. The van der Waals surface area contributed by atoms with Crippen LogP contribution in [0, 0.1) is 0 Å². The third-order valence-corrected chi connectivity index (χ3v) is 2.42. The van der Waals surface area contributed by atoms with E-state index in [9.17, 15) is 5.11 Å². The van der Waals surface area contributed by atoms with Crippen molar-refractivity contribution in [3.8, 4) is 5.88 Å². The van der Waals surface area contributed by atoms with E-state index in [1.165, 1.54) is 12.3 Å². The number of pyridine rings is 1. The highest BCUT2D eigenvalue weighted by Crippen LogP contribution is 2.28. The van der Waals surface area contributed by atoms with Gasteiger partial charge in [0.2, 0.25) is 5.88 Å². The summed E-state index contributed by atoms with van der Waals surface area (Å²) >= 11 is 5.94.